The van der Waals surface area contributed by atoms with Crippen molar-refractivity contribution in [2.24, 2.45) is 5.41 Å². The van der Waals surface area contributed by atoms with Gasteiger partial charge < -0.3 is 9.84 Å². The van der Waals surface area contributed by atoms with Gasteiger partial charge in [-0.2, -0.15) is 0 Å². The summed E-state index contributed by atoms with van der Waals surface area (Å²) in [6.07, 6.45) is 4.50. The topological polar surface area (TPSA) is 46.5 Å². The third-order valence-corrected chi connectivity index (χ3v) is 2.92. The number of hydrogen-bond acceptors (Lipinski definition) is 2. The fourth-order valence-electron chi connectivity index (χ4n) is 2.21. The van der Waals surface area contributed by atoms with Crippen molar-refractivity contribution >= 4 is 5.97 Å². The van der Waals surface area contributed by atoms with E-state index in [2.05, 4.69) is 6.58 Å². The van der Waals surface area contributed by atoms with Crippen LogP contribution in [0.3, 0.4) is 0 Å². The lowest BCUT2D eigenvalue weighted by Gasteiger charge is -2.28. The van der Waals surface area contributed by atoms with E-state index in [1.54, 1.807) is 13.2 Å². The van der Waals surface area contributed by atoms with Gasteiger partial charge in [0.2, 0.25) is 0 Å². The minimum absolute atomic E-state index is 0.150. The molecule has 13 heavy (non-hydrogen) atoms. The van der Waals surface area contributed by atoms with Gasteiger partial charge >= 0.3 is 5.97 Å². The van der Waals surface area contributed by atoms with E-state index in [-0.39, 0.29) is 6.10 Å². The van der Waals surface area contributed by atoms with Crippen LogP contribution in [-0.2, 0) is 9.53 Å². The van der Waals surface area contributed by atoms with Crippen LogP contribution in [0.25, 0.3) is 0 Å². The molecule has 0 bridgehead atoms. The van der Waals surface area contributed by atoms with Gasteiger partial charge in [0.05, 0.1) is 11.5 Å². The standard InChI is InChI=1S/C10H16O3/c1-3-6-10(9(11)12)7-4-5-8(10)13-2/h3,8H,1,4-7H2,2H3,(H,11,12)/t8-,10-/m1/s1. The van der Waals surface area contributed by atoms with Crippen LogP contribution in [0, 0.1) is 5.41 Å². The fourth-order valence-corrected chi connectivity index (χ4v) is 2.21. The molecule has 0 aliphatic heterocycles. The first-order valence-electron chi connectivity index (χ1n) is 4.54. The van der Waals surface area contributed by atoms with Crippen molar-refractivity contribution in [3.63, 3.8) is 0 Å². The van der Waals surface area contributed by atoms with Crippen molar-refractivity contribution in [3.05, 3.63) is 12.7 Å². The molecule has 0 radical (unpaired) electrons. The summed E-state index contributed by atoms with van der Waals surface area (Å²) in [5.41, 5.74) is -0.712. The summed E-state index contributed by atoms with van der Waals surface area (Å²) >= 11 is 0. The number of allylic oxidation sites excluding steroid dienone is 1. The quantitative estimate of drug-likeness (QED) is 0.678. The number of hydrogen-bond donors (Lipinski definition) is 1. The monoisotopic (exact) mass is 184 g/mol. The second-order valence-corrected chi connectivity index (χ2v) is 3.57. The predicted octanol–water partition coefficient (Wildman–Crippen LogP) is 1.83. The Morgan fingerprint density at radius 1 is 1.85 bits per heavy atom. The summed E-state index contributed by atoms with van der Waals surface area (Å²) in [4.78, 5) is 11.2. The zero-order valence-electron chi connectivity index (χ0n) is 7.95. The first-order chi connectivity index (χ1) is 6.17. The van der Waals surface area contributed by atoms with Gasteiger partial charge in [0, 0.05) is 7.11 Å². The van der Waals surface area contributed by atoms with Gasteiger partial charge in [-0.05, 0) is 25.7 Å². The number of carboxylic acid groups (broad SMARTS) is 1. The van der Waals surface area contributed by atoms with E-state index in [4.69, 9.17) is 9.84 Å². The summed E-state index contributed by atoms with van der Waals surface area (Å²) in [5.74, 6) is -0.753. The minimum Gasteiger partial charge on any atom is -0.481 e. The van der Waals surface area contributed by atoms with Crippen molar-refractivity contribution in [2.75, 3.05) is 7.11 Å². The van der Waals surface area contributed by atoms with Crippen LogP contribution in [0.4, 0.5) is 0 Å². The van der Waals surface area contributed by atoms with E-state index in [9.17, 15) is 4.79 Å². The first kappa shape index (κ1) is 10.3. The molecule has 0 aromatic carbocycles. The van der Waals surface area contributed by atoms with Crippen LogP contribution >= 0.6 is 0 Å². The predicted molar refractivity (Wildman–Crippen MR) is 49.5 cm³/mol. The molecule has 0 aromatic heterocycles. The highest BCUT2D eigenvalue weighted by atomic mass is 16.5. The maximum absolute atomic E-state index is 11.2. The largest absolute Gasteiger partial charge is 0.481 e. The molecule has 0 heterocycles. The van der Waals surface area contributed by atoms with Crippen LogP contribution in [0.2, 0.25) is 0 Å². The van der Waals surface area contributed by atoms with E-state index in [0.717, 1.165) is 12.8 Å². The molecule has 1 fully saturated rings. The van der Waals surface area contributed by atoms with Crippen molar-refractivity contribution in [1.82, 2.24) is 0 Å². The Balaban J connectivity index is 2.87. The molecular formula is C10H16O3. The van der Waals surface area contributed by atoms with Gasteiger partial charge in [-0.25, -0.2) is 0 Å². The van der Waals surface area contributed by atoms with E-state index in [1.807, 2.05) is 0 Å². The molecule has 1 aliphatic carbocycles. The molecular weight excluding hydrogens is 168 g/mol. The van der Waals surface area contributed by atoms with Crippen molar-refractivity contribution < 1.29 is 14.6 Å². The van der Waals surface area contributed by atoms with Crippen molar-refractivity contribution in [2.45, 2.75) is 31.8 Å². The average Bonchev–Trinajstić information content (AvgIpc) is 2.49. The molecule has 0 amide bonds. The Hall–Kier alpha value is -0.830. The zero-order chi connectivity index (χ0) is 9.90. The third kappa shape index (κ3) is 1.61. The molecule has 0 unspecified atom stereocenters. The maximum atomic E-state index is 11.2. The molecule has 3 nitrogen and oxygen atoms in total. The fraction of sp³-hybridized carbons (Fsp3) is 0.700. The Bertz CT molecular complexity index is 212. The molecule has 1 aliphatic rings. The SMILES string of the molecule is C=CC[C@@]1(C(=O)O)CCC[C@H]1OC. The van der Waals surface area contributed by atoms with Gasteiger partial charge in [-0.3, -0.25) is 4.79 Å². The zero-order valence-corrected chi connectivity index (χ0v) is 7.95. The smallest absolute Gasteiger partial charge is 0.312 e. The average molecular weight is 184 g/mol. The summed E-state index contributed by atoms with van der Waals surface area (Å²) in [6, 6.07) is 0. The Morgan fingerprint density at radius 3 is 3.00 bits per heavy atom. The molecule has 0 aromatic rings. The number of ether oxygens (including phenoxy) is 1. The second kappa shape index (κ2) is 3.92. The van der Waals surface area contributed by atoms with Gasteiger partial charge in [0.15, 0.2) is 0 Å². The first-order valence-corrected chi connectivity index (χ1v) is 4.54. The lowest BCUT2D eigenvalue weighted by atomic mass is 9.81. The molecule has 74 valence electrons. The van der Waals surface area contributed by atoms with Gasteiger partial charge in [-0.1, -0.05) is 6.08 Å². The summed E-state index contributed by atoms with van der Waals surface area (Å²) in [6.45, 7) is 3.60. The van der Waals surface area contributed by atoms with E-state index < -0.39 is 11.4 Å². The van der Waals surface area contributed by atoms with E-state index >= 15 is 0 Å². The number of carbonyl (C=O) groups is 1. The molecule has 1 rings (SSSR count). The Labute approximate surface area is 78.4 Å². The molecule has 3 heteroatoms. The number of rotatable bonds is 4. The van der Waals surface area contributed by atoms with Gasteiger partial charge in [-0.15, -0.1) is 6.58 Å². The van der Waals surface area contributed by atoms with Crippen LogP contribution in [0.15, 0.2) is 12.7 Å². The molecule has 0 saturated heterocycles. The lowest BCUT2D eigenvalue weighted by Crippen LogP contribution is -2.38. The summed E-state index contributed by atoms with van der Waals surface area (Å²) < 4.78 is 5.21. The van der Waals surface area contributed by atoms with Crippen LogP contribution in [-0.4, -0.2) is 24.3 Å². The van der Waals surface area contributed by atoms with E-state index in [1.165, 1.54) is 0 Å². The minimum atomic E-state index is -0.753. The summed E-state index contributed by atoms with van der Waals surface area (Å²) in [5, 5.41) is 9.17. The molecule has 2 atom stereocenters. The van der Waals surface area contributed by atoms with Gasteiger partial charge in [0.25, 0.3) is 0 Å². The van der Waals surface area contributed by atoms with Crippen LogP contribution < -0.4 is 0 Å². The number of carboxylic acids is 1. The maximum Gasteiger partial charge on any atom is 0.312 e. The highest BCUT2D eigenvalue weighted by Crippen LogP contribution is 2.43. The molecule has 0 spiro atoms. The van der Waals surface area contributed by atoms with Gasteiger partial charge in [0.1, 0.15) is 0 Å². The molecule has 1 saturated carbocycles. The van der Waals surface area contributed by atoms with Crippen molar-refractivity contribution in [3.8, 4) is 0 Å². The third-order valence-electron chi connectivity index (χ3n) is 2.92. The molecule has 1 N–H and O–H groups in total. The Kier molecular flexibility index (Phi) is 3.09. The van der Waals surface area contributed by atoms with Crippen LogP contribution in [0.5, 0.6) is 0 Å². The second-order valence-electron chi connectivity index (χ2n) is 3.57. The Morgan fingerprint density at radius 2 is 2.54 bits per heavy atom. The lowest BCUT2D eigenvalue weighted by molar-refractivity contribution is -0.155. The van der Waals surface area contributed by atoms with E-state index in [0.29, 0.717) is 12.8 Å². The highest BCUT2D eigenvalue weighted by molar-refractivity contribution is 5.76. The van der Waals surface area contributed by atoms with Crippen molar-refractivity contribution in [1.29, 1.82) is 0 Å². The summed E-state index contributed by atoms with van der Waals surface area (Å²) in [7, 11) is 1.58. The normalized spacial score (nSPS) is 33.2. The number of methoxy groups -OCH3 is 1. The highest BCUT2D eigenvalue weighted by Gasteiger charge is 2.48. The van der Waals surface area contributed by atoms with Crippen LogP contribution in [0.1, 0.15) is 25.7 Å². The number of aliphatic carboxylic acids is 1.